The van der Waals surface area contributed by atoms with E-state index >= 15 is 0 Å². The summed E-state index contributed by atoms with van der Waals surface area (Å²) < 4.78 is 11.7. The Balaban J connectivity index is 1.87. The molecule has 21 heavy (non-hydrogen) atoms. The van der Waals surface area contributed by atoms with Gasteiger partial charge in [-0.05, 0) is 44.7 Å². The van der Waals surface area contributed by atoms with E-state index in [1.807, 2.05) is 24.3 Å². The van der Waals surface area contributed by atoms with E-state index in [4.69, 9.17) is 14.6 Å². The first-order valence-corrected chi connectivity index (χ1v) is 7.54. The second kappa shape index (κ2) is 7.05. The zero-order chi connectivity index (χ0) is 15.4. The lowest BCUT2D eigenvalue weighted by Gasteiger charge is -2.32. The number of benzene rings is 1. The van der Waals surface area contributed by atoms with Crippen LogP contribution in [-0.4, -0.2) is 29.4 Å². The highest BCUT2D eigenvalue weighted by molar-refractivity contribution is 5.75. The van der Waals surface area contributed by atoms with E-state index in [0.29, 0.717) is 6.61 Å². The van der Waals surface area contributed by atoms with Gasteiger partial charge in [-0.1, -0.05) is 24.3 Å². The van der Waals surface area contributed by atoms with Crippen LogP contribution in [0.25, 0.3) is 0 Å². The lowest BCUT2D eigenvalue weighted by atomic mass is 10.00. The zero-order valence-electron chi connectivity index (χ0n) is 12.9. The third-order valence-corrected chi connectivity index (χ3v) is 3.99. The van der Waals surface area contributed by atoms with Gasteiger partial charge in [0.25, 0.3) is 0 Å². The molecule has 0 aliphatic carbocycles. The van der Waals surface area contributed by atoms with Gasteiger partial charge in [0.2, 0.25) is 0 Å². The van der Waals surface area contributed by atoms with Crippen molar-refractivity contribution >= 4 is 5.97 Å². The van der Waals surface area contributed by atoms with Gasteiger partial charge in [-0.15, -0.1) is 0 Å². The maximum Gasteiger partial charge on any atom is 0.310 e. The molecular formula is C17H24O4. The van der Waals surface area contributed by atoms with Gasteiger partial charge in [0.05, 0.1) is 30.8 Å². The van der Waals surface area contributed by atoms with Crippen LogP contribution in [-0.2, 0) is 20.9 Å². The Morgan fingerprint density at radius 2 is 1.86 bits per heavy atom. The number of hydrogen-bond donors (Lipinski definition) is 1. The second-order valence-corrected chi connectivity index (χ2v) is 5.96. The Bertz CT molecular complexity index is 458. The summed E-state index contributed by atoms with van der Waals surface area (Å²) in [4.78, 5) is 10.9. The Morgan fingerprint density at radius 3 is 2.38 bits per heavy atom. The summed E-state index contributed by atoms with van der Waals surface area (Å²) in [6.07, 6.45) is 2.59. The highest BCUT2D eigenvalue weighted by Crippen LogP contribution is 2.23. The standard InChI is InChI=1S/C17H24O4/c1-11-8-16(9-12(2)21-11)20-10-14-4-6-15(7-5-14)13(3)17(18)19/h4-7,11-13,16H,8-10H2,1-3H3,(H,18,19). The van der Waals surface area contributed by atoms with Crippen molar-refractivity contribution in [3.8, 4) is 0 Å². The maximum absolute atomic E-state index is 10.9. The average molecular weight is 292 g/mol. The highest BCUT2D eigenvalue weighted by atomic mass is 16.5. The van der Waals surface area contributed by atoms with E-state index < -0.39 is 11.9 Å². The molecule has 116 valence electrons. The molecule has 3 unspecified atom stereocenters. The molecule has 1 aliphatic heterocycles. The van der Waals surface area contributed by atoms with Crippen molar-refractivity contribution in [2.75, 3.05) is 0 Å². The van der Waals surface area contributed by atoms with Gasteiger partial charge in [-0.3, -0.25) is 4.79 Å². The van der Waals surface area contributed by atoms with Crippen LogP contribution in [0.15, 0.2) is 24.3 Å². The van der Waals surface area contributed by atoms with Gasteiger partial charge in [0.1, 0.15) is 0 Å². The number of carboxylic acids is 1. The highest BCUT2D eigenvalue weighted by Gasteiger charge is 2.24. The normalized spacial score (nSPS) is 27.3. The Kier molecular flexibility index (Phi) is 5.37. The summed E-state index contributed by atoms with van der Waals surface area (Å²) >= 11 is 0. The minimum Gasteiger partial charge on any atom is -0.481 e. The van der Waals surface area contributed by atoms with Crippen LogP contribution in [0.4, 0.5) is 0 Å². The lowest BCUT2D eigenvalue weighted by molar-refractivity contribution is -0.138. The molecule has 1 N–H and O–H groups in total. The molecule has 4 heteroatoms. The van der Waals surface area contributed by atoms with Crippen molar-refractivity contribution in [3.05, 3.63) is 35.4 Å². The quantitative estimate of drug-likeness (QED) is 0.904. The summed E-state index contributed by atoms with van der Waals surface area (Å²) in [6, 6.07) is 7.63. The molecule has 0 saturated carbocycles. The third-order valence-electron chi connectivity index (χ3n) is 3.99. The van der Waals surface area contributed by atoms with Crippen LogP contribution in [0.2, 0.25) is 0 Å². The van der Waals surface area contributed by atoms with E-state index in [-0.39, 0.29) is 18.3 Å². The zero-order valence-corrected chi connectivity index (χ0v) is 12.9. The topological polar surface area (TPSA) is 55.8 Å². The van der Waals surface area contributed by atoms with Crippen molar-refractivity contribution in [1.29, 1.82) is 0 Å². The molecule has 2 rings (SSSR count). The smallest absolute Gasteiger partial charge is 0.310 e. The average Bonchev–Trinajstić information content (AvgIpc) is 2.44. The van der Waals surface area contributed by atoms with Gasteiger partial charge in [0, 0.05) is 0 Å². The van der Waals surface area contributed by atoms with Gasteiger partial charge in [-0.25, -0.2) is 0 Å². The fourth-order valence-corrected chi connectivity index (χ4v) is 2.74. The summed E-state index contributed by atoms with van der Waals surface area (Å²) in [5.41, 5.74) is 1.89. The molecule has 0 radical (unpaired) electrons. The summed E-state index contributed by atoms with van der Waals surface area (Å²) in [6.45, 7) is 6.41. The van der Waals surface area contributed by atoms with Crippen LogP contribution >= 0.6 is 0 Å². The maximum atomic E-state index is 10.9. The molecule has 1 fully saturated rings. The Labute approximate surface area is 126 Å². The van der Waals surface area contributed by atoms with E-state index in [9.17, 15) is 4.79 Å². The molecule has 0 bridgehead atoms. The molecule has 1 aromatic rings. The number of carboxylic acid groups (broad SMARTS) is 1. The summed E-state index contributed by atoms with van der Waals surface area (Å²) in [5.74, 6) is -1.28. The van der Waals surface area contributed by atoms with Crippen molar-refractivity contribution in [3.63, 3.8) is 0 Å². The van der Waals surface area contributed by atoms with E-state index in [0.717, 1.165) is 24.0 Å². The fourth-order valence-electron chi connectivity index (χ4n) is 2.74. The van der Waals surface area contributed by atoms with Crippen molar-refractivity contribution in [2.24, 2.45) is 0 Å². The summed E-state index contributed by atoms with van der Waals surface area (Å²) in [7, 11) is 0. The molecular weight excluding hydrogens is 268 g/mol. The van der Waals surface area contributed by atoms with Crippen molar-refractivity contribution in [2.45, 2.75) is 64.4 Å². The largest absolute Gasteiger partial charge is 0.481 e. The minimum absolute atomic E-state index is 0.237. The van der Waals surface area contributed by atoms with E-state index in [1.165, 1.54) is 0 Å². The lowest BCUT2D eigenvalue weighted by Crippen LogP contribution is -2.33. The minimum atomic E-state index is -0.802. The second-order valence-electron chi connectivity index (χ2n) is 5.96. The molecule has 0 aromatic heterocycles. The molecule has 1 saturated heterocycles. The van der Waals surface area contributed by atoms with Crippen LogP contribution < -0.4 is 0 Å². The predicted molar refractivity (Wildman–Crippen MR) is 80.3 cm³/mol. The first-order valence-electron chi connectivity index (χ1n) is 7.54. The molecule has 3 atom stereocenters. The third kappa shape index (κ3) is 4.55. The number of carbonyl (C=O) groups is 1. The van der Waals surface area contributed by atoms with Gasteiger partial charge in [0.15, 0.2) is 0 Å². The first-order chi connectivity index (χ1) is 9.95. The first kappa shape index (κ1) is 16.0. The number of hydrogen-bond acceptors (Lipinski definition) is 3. The van der Waals surface area contributed by atoms with Crippen LogP contribution in [0.3, 0.4) is 0 Å². The number of aliphatic carboxylic acids is 1. The van der Waals surface area contributed by atoms with E-state index in [2.05, 4.69) is 13.8 Å². The SMILES string of the molecule is CC1CC(OCc2ccc(C(C)C(=O)O)cc2)CC(C)O1. The Hall–Kier alpha value is -1.39. The molecule has 0 amide bonds. The van der Waals surface area contributed by atoms with Crippen LogP contribution in [0, 0.1) is 0 Å². The fraction of sp³-hybridized carbons (Fsp3) is 0.588. The molecule has 0 spiro atoms. The number of rotatable bonds is 5. The molecule has 1 aromatic carbocycles. The Morgan fingerprint density at radius 1 is 1.29 bits per heavy atom. The van der Waals surface area contributed by atoms with Crippen molar-refractivity contribution < 1.29 is 19.4 Å². The van der Waals surface area contributed by atoms with Crippen LogP contribution in [0.5, 0.6) is 0 Å². The van der Waals surface area contributed by atoms with Crippen molar-refractivity contribution in [1.82, 2.24) is 0 Å². The van der Waals surface area contributed by atoms with Gasteiger partial charge < -0.3 is 14.6 Å². The van der Waals surface area contributed by atoms with E-state index in [1.54, 1.807) is 6.92 Å². The monoisotopic (exact) mass is 292 g/mol. The molecule has 4 nitrogen and oxygen atoms in total. The summed E-state index contributed by atoms with van der Waals surface area (Å²) in [5, 5.41) is 8.99. The van der Waals surface area contributed by atoms with Gasteiger partial charge >= 0.3 is 5.97 Å². The molecule has 1 heterocycles. The van der Waals surface area contributed by atoms with Gasteiger partial charge in [-0.2, -0.15) is 0 Å². The van der Waals surface area contributed by atoms with Crippen LogP contribution in [0.1, 0.15) is 50.7 Å². The molecule has 1 aliphatic rings. The predicted octanol–water partition coefficient (Wildman–Crippen LogP) is 3.35. The number of ether oxygens (including phenoxy) is 2.